The van der Waals surface area contributed by atoms with E-state index in [9.17, 15) is 18.0 Å². The van der Waals surface area contributed by atoms with Gasteiger partial charge in [-0.25, -0.2) is 0 Å². The predicted octanol–water partition coefficient (Wildman–Crippen LogP) is 1.81. The zero-order chi connectivity index (χ0) is 14.6. The molecular weight excluding hydrogens is 259 g/mol. The van der Waals surface area contributed by atoms with Crippen LogP contribution in [-0.2, 0) is 6.18 Å². The van der Waals surface area contributed by atoms with E-state index in [1.165, 1.54) is 0 Å². The van der Waals surface area contributed by atoms with Gasteiger partial charge < -0.3 is 11.1 Å². The number of pyridine rings is 1. The number of nitrogens with zero attached hydrogens (tertiary/aromatic N) is 1. The van der Waals surface area contributed by atoms with E-state index in [1.807, 2.05) is 13.8 Å². The fourth-order valence-electron chi connectivity index (χ4n) is 1.24. The molecule has 1 aromatic heterocycles. The summed E-state index contributed by atoms with van der Waals surface area (Å²) in [5.41, 5.74) is 4.79. The van der Waals surface area contributed by atoms with Crippen molar-refractivity contribution in [3.63, 3.8) is 0 Å². The highest BCUT2D eigenvalue weighted by Crippen LogP contribution is 2.27. The standard InChI is InChI=1S/C12H16F3N3O/c1-7(2)9(16)6-18-11(19)8-3-4-10(17-5-8)12(13,14)15/h3-5,7,9H,6,16H2,1-2H3,(H,18,19). The SMILES string of the molecule is CC(C)C(N)CNC(=O)c1ccc(C(F)(F)F)nc1. The van der Waals surface area contributed by atoms with Crippen molar-refractivity contribution in [1.29, 1.82) is 0 Å². The number of rotatable bonds is 4. The molecule has 19 heavy (non-hydrogen) atoms. The van der Waals surface area contributed by atoms with Crippen molar-refractivity contribution in [3.8, 4) is 0 Å². The average Bonchev–Trinajstić information content (AvgIpc) is 2.34. The topological polar surface area (TPSA) is 68.0 Å². The number of hydrogen-bond donors (Lipinski definition) is 2. The quantitative estimate of drug-likeness (QED) is 0.880. The lowest BCUT2D eigenvalue weighted by Crippen LogP contribution is -2.40. The Labute approximate surface area is 109 Å². The molecule has 0 aromatic carbocycles. The molecule has 7 heteroatoms. The van der Waals surface area contributed by atoms with Gasteiger partial charge in [-0.1, -0.05) is 13.8 Å². The number of aromatic nitrogens is 1. The molecule has 3 N–H and O–H groups in total. The third-order valence-electron chi connectivity index (χ3n) is 2.67. The fraction of sp³-hybridized carbons (Fsp3) is 0.500. The normalized spacial score (nSPS) is 13.4. The molecule has 1 aromatic rings. The van der Waals surface area contributed by atoms with E-state index in [-0.39, 0.29) is 24.1 Å². The van der Waals surface area contributed by atoms with Gasteiger partial charge in [0.1, 0.15) is 5.69 Å². The van der Waals surface area contributed by atoms with Gasteiger partial charge in [0.05, 0.1) is 5.56 Å². The van der Waals surface area contributed by atoms with Crippen LogP contribution in [0.15, 0.2) is 18.3 Å². The molecule has 106 valence electrons. The van der Waals surface area contributed by atoms with Gasteiger partial charge in [0.2, 0.25) is 0 Å². The van der Waals surface area contributed by atoms with Crippen LogP contribution in [0.2, 0.25) is 0 Å². The van der Waals surface area contributed by atoms with Crippen LogP contribution < -0.4 is 11.1 Å². The summed E-state index contributed by atoms with van der Waals surface area (Å²) >= 11 is 0. The summed E-state index contributed by atoms with van der Waals surface area (Å²) in [5.74, 6) is -0.289. The molecular formula is C12H16F3N3O. The monoisotopic (exact) mass is 275 g/mol. The molecule has 1 rings (SSSR count). The summed E-state index contributed by atoms with van der Waals surface area (Å²) in [5, 5.41) is 2.55. The molecule has 0 saturated heterocycles. The van der Waals surface area contributed by atoms with Gasteiger partial charge >= 0.3 is 6.18 Å². The van der Waals surface area contributed by atoms with E-state index in [0.29, 0.717) is 0 Å². The highest BCUT2D eigenvalue weighted by Gasteiger charge is 2.32. The maximum Gasteiger partial charge on any atom is 0.433 e. The van der Waals surface area contributed by atoms with Crippen LogP contribution in [0.25, 0.3) is 0 Å². The Morgan fingerprint density at radius 1 is 1.42 bits per heavy atom. The van der Waals surface area contributed by atoms with Crippen molar-refractivity contribution in [2.45, 2.75) is 26.1 Å². The van der Waals surface area contributed by atoms with Crippen LogP contribution >= 0.6 is 0 Å². The van der Waals surface area contributed by atoms with E-state index in [0.717, 1.165) is 18.3 Å². The average molecular weight is 275 g/mol. The van der Waals surface area contributed by atoms with Crippen molar-refractivity contribution in [2.24, 2.45) is 11.7 Å². The van der Waals surface area contributed by atoms with Crippen LogP contribution in [0.1, 0.15) is 29.9 Å². The second-order valence-corrected chi connectivity index (χ2v) is 4.55. The van der Waals surface area contributed by atoms with Crippen molar-refractivity contribution >= 4 is 5.91 Å². The molecule has 0 aliphatic heterocycles. The molecule has 0 fully saturated rings. The van der Waals surface area contributed by atoms with E-state index in [2.05, 4.69) is 10.3 Å². The number of nitrogens with one attached hydrogen (secondary N) is 1. The number of alkyl halides is 3. The minimum Gasteiger partial charge on any atom is -0.350 e. The maximum absolute atomic E-state index is 12.3. The number of amides is 1. The molecule has 1 heterocycles. The van der Waals surface area contributed by atoms with Crippen molar-refractivity contribution in [3.05, 3.63) is 29.6 Å². The van der Waals surface area contributed by atoms with Gasteiger partial charge in [0, 0.05) is 18.8 Å². The summed E-state index contributed by atoms with van der Waals surface area (Å²) in [6.07, 6.45) is -3.60. The van der Waals surface area contributed by atoms with Gasteiger partial charge in [0.25, 0.3) is 5.91 Å². The first kappa shape index (κ1) is 15.4. The Hall–Kier alpha value is -1.63. The Kier molecular flexibility index (Phi) is 4.88. The Morgan fingerprint density at radius 3 is 2.47 bits per heavy atom. The second kappa shape index (κ2) is 6.01. The third kappa shape index (κ3) is 4.51. The zero-order valence-corrected chi connectivity index (χ0v) is 10.7. The first-order chi connectivity index (χ1) is 8.71. The van der Waals surface area contributed by atoms with Gasteiger partial charge in [-0.2, -0.15) is 13.2 Å². The van der Waals surface area contributed by atoms with Crippen LogP contribution in [0.3, 0.4) is 0 Å². The first-order valence-corrected chi connectivity index (χ1v) is 5.79. The van der Waals surface area contributed by atoms with Crippen LogP contribution in [-0.4, -0.2) is 23.5 Å². The molecule has 0 saturated carbocycles. The third-order valence-corrected chi connectivity index (χ3v) is 2.67. The number of halogens is 3. The summed E-state index contributed by atoms with van der Waals surface area (Å²) < 4.78 is 36.9. The van der Waals surface area contributed by atoms with Crippen molar-refractivity contribution < 1.29 is 18.0 Å². The summed E-state index contributed by atoms with van der Waals surface area (Å²) in [6.45, 7) is 4.09. The highest BCUT2D eigenvalue weighted by molar-refractivity contribution is 5.93. The number of carbonyl (C=O) groups is 1. The molecule has 0 spiro atoms. The molecule has 1 unspecified atom stereocenters. The highest BCUT2D eigenvalue weighted by atomic mass is 19.4. The molecule has 0 aliphatic rings. The van der Waals surface area contributed by atoms with Crippen molar-refractivity contribution in [1.82, 2.24) is 10.3 Å². The number of carbonyl (C=O) groups excluding carboxylic acids is 1. The molecule has 4 nitrogen and oxygen atoms in total. The predicted molar refractivity (Wildman–Crippen MR) is 64.4 cm³/mol. The van der Waals surface area contributed by atoms with E-state index in [4.69, 9.17) is 5.73 Å². The van der Waals surface area contributed by atoms with Gasteiger partial charge in [-0.3, -0.25) is 9.78 Å². The van der Waals surface area contributed by atoms with Gasteiger partial charge in [0.15, 0.2) is 0 Å². The van der Waals surface area contributed by atoms with Crippen molar-refractivity contribution in [2.75, 3.05) is 6.54 Å². The van der Waals surface area contributed by atoms with E-state index < -0.39 is 17.8 Å². The summed E-state index contributed by atoms with van der Waals surface area (Å²) in [6, 6.07) is 1.66. The van der Waals surface area contributed by atoms with Gasteiger partial charge in [-0.05, 0) is 18.1 Å². The minimum absolute atomic E-state index is 0.0731. The van der Waals surface area contributed by atoms with E-state index in [1.54, 1.807) is 0 Å². The largest absolute Gasteiger partial charge is 0.433 e. The number of nitrogens with two attached hydrogens (primary N) is 1. The fourth-order valence-corrected chi connectivity index (χ4v) is 1.24. The summed E-state index contributed by atoms with van der Waals surface area (Å²) in [7, 11) is 0. The second-order valence-electron chi connectivity index (χ2n) is 4.55. The summed E-state index contributed by atoms with van der Waals surface area (Å²) in [4.78, 5) is 14.9. The molecule has 0 bridgehead atoms. The number of hydrogen-bond acceptors (Lipinski definition) is 3. The zero-order valence-electron chi connectivity index (χ0n) is 10.7. The molecule has 1 atom stereocenters. The smallest absolute Gasteiger partial charge is 0.350 e. The minimum atomic E-state index is -4.50. The Bertz CT molecular complexity index is 429. The molecule has 1 amide bonds. The van der Waals surface area contributed by atoms with Crippen LogP contribution in [0.5, 0.6) is 0 Å². The maximum atomic E-state index is 12.3. The van der Waals surface area contributed by atoms with Crippen LogP contribution in [0, 0.1) is 5.92 Å². The van der Waals surface area contributed by atoms with Crippen LogP contribution in [0.4, 0.5) is 13.2 Å². The van der Waals surface area contributed by atoms with Gasteiger partial charge in [-0.15, -0.1) is 0 Å². The lowest BCUT2D eigenvalue weighted by Gasteiger charge is -2.16. The first-order valence-electron chi connectivity index (χ1n) is 5.79. The Balaban J connectivity index is 2.64. The Morgan fingerprint density at radius 2 is 2.05 bits per heavy atom. The lowest BCUT2D eigenvalue weighted by atomic mass is 10.1. The lowest BCUT2D eigenvalue weighted by molar-refractivity contribution is -0.141. The molecule has 0 radical (unpaired) electrons. The molecule has 0 aliphatic carbocycles. The van der Waals surface area contributed by atoms with E-state index >= 15 is 0 Å².